The van der Waals surface area contributed by atoms with Gasteiger partial charge < -0.3 is 21.1 Å². The van der Waals surface area contributed by atoms with Gasteiger partial charge in [0.25, 0.3) is 5.91 Å². The van der Waals surface area contributed by atoms with E-state index in [1.807, 2.05) is 6.07 Å². The van der Waals surface area contributed by atoms with Gasteiger partial charge in [-0.1, -0.05) is 12.1 Å². The minimum Gasteiger partial charge on any atom is -0.394 e. The first-order valence-corrected chi connectivity index (χ1v) is 8.46. The van der Waals surface area contributed by atoms with Gasteiger partial charge >= 0.3 is 0 Å². The second-order valence-corrected chi connectivity index (χ2v) is 5.82. The molecule has 9 nitrogen and oxygen atoms in total. The van der Waals surface area contributed by atoms with Gasteiger partial charge in [0.1, 0.15) is 12.3 Å². The van der Waals surface area contributed by atoms with Crippen molar-refractivity contribution in [3.05, 3.63) is 59.8 Å². The number of aliphatic hydroxyl groups excluding tert-OH is 1. The summed E-state index contributed by atoms with van der Waals surface area (Å²) >= 11 is 0. The Bertz CT molecular complexity index is 944. The Hall–Kier alpha value is -3.71. The molecular weight excluding hydrogens is 365 g/mol. The average Bonchev–Trinajstić information content (AvgIpc) is 3.15. The molecule has 0 aliphatic carbocycles. The number of aromatic nitrogens is 2. The van der Waals surface area contributed by atoms with Crippen LogP contribution in [0.25, 0.3) is 0 Å². The molecular formula is C18H18FN7O2. The average molecular weight is 383 g/mol. The Labute approximate surface area is 160 Å². The smallest absolute Gasteiger partial charge is 0.252 e. The maximum Gasteiger partial charge on any atom is 0.252 e. The van der Waals surface area contributed by atoms with E-state index in [2.05, 4.69) is 26.0 Å². The van der Waals surface area contributed by atoms with Crippen molar-refractivity contribution in [1.82, 2.24) is 20.4 Å². The van der Waals surface area contributed by atoms with Gasteiger partial charge in [-0.2, -0.15) is 10.4 Å². The molecule has 28 heavy (non-hydrogen) atoms. The van der Waals surface area contributed by atoms with E-state index >= 15 is 0 Å². The summed E-state index contributed by atoms with van der Waals surface area (Å²) in [6.07, 6.45) is 3.89. The van der Waals surface area contributed by atoms with E-state index < -0.39 is 12.1 Å². The highest BCUT2D eigenvalue weighted by Crippen LogP contribution is 2.17. The van der Waals surface area contributed by atoms with Gasteiger partial charge in [-0.05, 0) is 12.1 Å². The van der Waals surface area contributed by atoms with Crippen molar-refractivity contribution in [2.75, 3.05) is 18.5 Å². The third kappa shape index (κ3) is 4.52. The van der Waals surface area contributed by atoms with Crippen LogP contribution < -0.4 is 16.0 Å². The van der Waals surface area contributed by atoms with Crippen LogP contribution in [0.15, 0.2) is 53.7 Å². The molecule has 1 atom stereocenters. The summed E-state index contributed by atoms with van der Waals surface area (Å²) < 4.78 is 15.8. The van der Waals surface area contributed by atoms with Crippen molar-refractivity contribution in [3.63, 3.8) is 0 Å². The number of nitrogens with zero attached hydrogens (tertiary/aromatic N) is 4. The lowest BCUT2D eigenvalue weighted by Crippen LogP contribution is -2.35. The van der Waals surface area contributed by atoms with E-state index in [1.54, 1.807) is 41.3 Å². The number of carbonyl (C=O) groups is 1. The highest BCUT2D eigenvalue weighted by molar-refractivity contribution is 6.12. The van der Waals surface area contributed by atoms with E-state index in [0.29, 0.717) is 23.4 Å². The van der Waals surface area contributed by atoms with E-state index in [0.717, 1.165) is 0 Å². The van der Waals surface area contributed by atoms with Gasteiger partial charge in [0.05, 0.1) is 31.1 Å². The zero-order valence-corrected chi connectivity index (χ0v) is 14.8. The number of allylic oxidation sites excluding steroid dienone is 1. The summed E-state index contributed by atoms with van der Waals surface area (Å²) in [7, 11) is 0. The van der Waals surface area contributed by atoms with Crippen molar-refractivity contribution >= 4 is 17.3 Å². The predicted octanol–water partition coefficient (Wildman–Crippen LogP) is 0.728. The zero-order valence-electron chi connectivity index (χ0n) is 14.8. The van der Waals surface area contributed by atoms with Crippen LogP contribution in [0, 0.1) is 11.3 Å². The first-order chi connectivity index (χ1) is 13.6. The highest BCUT2D eigenvalue weighted by atomic mass is 19.1. The minimum absolute atomic E-state index is 0.0242. The van der Waals surface area contributed by atoms with Gasteiger partial charge in [0, 0.05) is 23.5 Å². The second-order valence-electron chi connectivity index (χ2n) is 5.82. The molecule has 1 amide bonds. The second kappa shape index (κ2) is 8.79. The Kier molecular flexibility index (Phi) is 5.98. The van der Waals surface area contributed by atoms with Crippen LogP contribution in [0.3, 0.4) is 0 Å². The molecule has 3 rings (SSSR count). The standard InChI is InChI=1S/C18H18FN7O2/c19-15-10-22-18(24-14-9-23-26(11-14)7-8-27)25-16(15)12-1-3-13(4-2-12)17(28)21-6-5-20/h1-4,9-11,18,22,24,27H,6-8H2,(H,21,28). The summed E-state index contributed by atoms with van der Waals surface area (Å²) in [6.45, 7) is 0.263. The molecule has 2 aromatic rings. The fourth-order valence-corrected chi connectivity index (χ4v) is 2.56. The quantitative estimate of drug-likeness (QED) is 0.522. The monoisotopic (exact) mass is 383 g/mol. The van der Waals surface area contributed by atoms with Crippen molar-refractivity contribution < 1.29 is 14.3 Å². The molecule has 1 unspecified atom stereocenters. The SMILES string of the molecule is N#CCNC(=O)c1ccc(C2=NC(Nc3cnn(CCO)c3)NC=C2F)cc1. The number of hydrogen-bond acceptors (Lipinski definition) is 7. The number of anilines is 1. The molecule has 10 heteroatoms. The molecule has 0 fully saturated rings. The molecule has 0 spiro atoms. The lowest BCUT2D eigenvalue weighted by Gasteiger charge is -2.21. The number of carbonyl (C=O) groups excluding carboxylic acids is 1. The zero-order chi connectivity index (χ0) is 19.9. The third-order valence-corrected chi connectivity index (χ3v) is 3.87. The molecule has 0 saturated carbocycles. The van der Waals surface area contributed by atoms with Gasteiger partial charge in [0.2, 0.25) is 0 Å². The Balaban J connectivity index is 1.73. The van der Waals surface area contributed by atoms with Crippen LogP contribution in [0.2, 0.25) is 0 Å². The van der Waals surface area contributed by atoms with Crippen LogP contribution in [-0.4, -0.2) is 45.9 Å². The van der Waals surface area contributed by atoms with Gasteiger partial charge in [-0.25, -0.2) is 9.38 Å². The van der Waals surface area contributed by atoms with Crippen LogP contribution >= 0.6 is 0 Å². The minimum atomic E-state index is -0.611. The number of rotatable bonds is 7. The van der Waals surface area contributed by atoms with Crippen LogP contribution in [0.5, 0.6) is 0 Å². The summed E-state index contributed by atoms with van der Waals surface area (Å²) in [6, 6.07) is 8.10. The number of benzene rings is 1. The molecule has 144 valence electrons. The van der Waals surface area contributed by atoms with Gasteiger partial charge in [-0.15, -0.1) is 0 Å². The maximum absolute atomic E-state index is 14.3. The number of aliphatic imine (C=N–C) groups is 1. The number of nitriles is 1. The Morgan fingerprint density at radius 3 is 2.89 bits per heavy atom. The Morgan fingerprint density at radius 2 is 2.18 bits per heavy atom. The lowest BCUT2D eigenvalue weighted by molar-refractivity contribution is 0.0958. The summed E-state index contributed by atoms with van der Waals surface area (Å²) in [5.74, 6) is -0.911. The number of aliphatic hydroxyl groups is 1. The lowest BCUT2D eigenvalue weighted by atomic mass is 10.1. The maximum atomic E-state index is 14.3. The number of nitrogens with one attached hydrogen (secondary N) is 3. The van der Waals surface area contributed by atoms with Crippen molar-refractivity contribution in [1.29, 1.82) is 5.26 Å². The number of hydrogen-bond donors (Lipinski definition) is 4. The van der Waals surface area contributed by atoms with Crippen molar-refractivity contribution in [2.24, 2.45) is 4.99 Å². The molecule has 1 aliphatic rings. The topological polar surface area (TPSA) is 127 Å². The van der Waals surface area contributed by atoms with E-state index in [1.165, 1.54) is 6.20 Å². The first-order valence-electron chi connectivity index (χ1n) is 8.46. The van der Waals surface area contributed by atoms with Crippen LogP contribution in [0.4, 0.5) is 10.1 Å². The molecule has 2 heterocycles. The Morgan fingerprint density at radius 1 is 1.39 bits per heavy atom. The number of amides is 1. The van der Waals surface area contributed by atoms with Gasteiger partial charge in [0.15, 0.2) is 12.1 Å². The molecule has 0 radical (unpaired) electrons. The summed E-state index contributed by atoms with van der Waals surface area (Å²) in [5, 5.41) is 29.8. The van der Waals surface area contributed by atoms with E-state index in [9.17, 15) is 9.18 Å². The number of halogens is 1. The molecule has 1 aliphatic heterocycles. The predicted molar refractivity (Wildman–Crippen MR) is 100.0 cm³/mol. The first kappa shape index (κ1) is 19.1. The molecule has 1 aromatic carbocycles. The van der Waals surface area contributed by atoms with Gasteiger partial charge in [-0.3, -0.25) is 9.48 Å². The molecule has 1 aromatic heterocycles. The fraction of sp³-hybridized carbons (Fsp3) is 0.222. The normalized spacial score (nSPS) is 15.7. The summed E-state index contributed by atoms with van der Waals surface area (Å²) in [5.41, 5.74) is 1.68. The third-order valence-electron chi connectivity index (χ3n) is 3.87. The largest absolute Gasteiger partial charge is 0.394 e. The molecule has 4 N–H and O–H groups in total. The van der Waals surface area contributed by atoms with Crippen LogP contribution in [0.1, 0.15) is 15.9 Å². The summed E-state index contributed by atoms with van der Waals surface area (Å²) in [4.78, 5) is 16.2. The van der Waals surface area contributed by atoms with E-state index in [4.69, 9.17) is 10.4 Å². The van der Waals surface area contributed by atoms with E-state index in [-0.39, 0.29) is 24.8 Å². The molecule has 0 bridgehead atoms. The van der Waals surface area contributed by atoms with Crippen molar-refractivity contribution in [2.45, 2.75) is 12.8 Å². The fourth-order valence-electron chi connectivity index (χ4n) is 2.56. The van der Waals surface area contributed by atoms with Crippen molar-refractivity contribution in [3.8, 4) is 6.07 Å². The van der Waals surface area contributed by atoms with Crippen LogP contribution in [-0.2, 0) is 6.54 Å². The molecule has 0 saturated heterocycles. The highest BCUT2D eigenvalue weighted by Gasteiger charge is 2.19.